The lowest BCUT2D eigenvalue weighted by Crippen LogP contribution is -2.21. The monoisotopic (exact) mass is 482 g/mol. The normalized spacial score (nSPS) is 10.8. The van der Waals surface area contributed by atoms with Crippen molar-refractivity contribution in [3.8, 4) is 17.2 Å². The van der Waals surface area contributed by atoms with Gasteiger partial charge in [-0.2, -0.15) is 4.98 Å². The molecule has 0 aliphatic carbocycles. The molecule has 3 heterocycles. The maximum Gasteiger partial charge on any atom is 0.334 e. The van der Waals surface area contributed by atoms with E-state index in [4.69, 9.17) is 10.5 Å². The van der Waals surface area contributed by atoms with Gasteiger partial charge >= 0.3 is 5.69 Å². The lowest BCUT2D eigenvalue weighted by molar-refractivity contribution is 0.0958. The lowest BCUT2D eigenvalue weighted by Gasteiger charge is -2.09. The molecule has 0 atom stereocenters. The summed E-state index contributed by atoms with van der Waals surface area (Å²) >= 11 is 0. The second-order valence-electron chi connectivity index (χ2n) is 7.88. The average molecular weight is 483 g/mol. The Kier molecular flexibility index (Phi) is 5.79. The number of fused-ring (bicyclic) bond motifs is 1. The van der Waals surface area contributed by atoms with Crippen molar-refractivity contribution < 1.29 is 9.53 Å². The number of benzene rings is 2. The van der Waals surface area contributed by atoms with Crippen LogP contribution in [0.3, 0.4) is 0 Å². The summed E-state index contributed by atoms with van der Waals surface area (Å²) in [5.74, 6) is 1.09. The topological polar surface area (TPSA) is 142 Å². The number of carbonyl (C=O) groups is 1. The Morgan fingerprint density at radius 3 is 2.58 bits per heavy atom. The molecule has 4 N–H and O–H groups in total. The number of nitrogens with one attached hydrogen (secondary N) is 2. The maximum atomic E-state index is 12.9. The molecule has 0 fully saturated rings. The van der Waals surface area contributed by atoms with Gasteiger partial charge in [-0.1, -0.05) is 6.07 Å². The molecule has 180 valence electrons. The van der Waals surface area contributed by atoms with E-state index in [1.807, 2.05) is 0 Å². The number of imidazole rings is 1. The van der Waals surface area contributed by atoms with E-state index < -0.39 is 0 Å². The van der Waals surface area contributed by atoms with Crippen molar-refractivity contribution in [1.82, 2.24) is 29.4 Å². The van der Waals surface area contributed by atoms with Crippen LogP contribution in [0.5, 0.6) is 11.5 Å². The van der Waals surface area contributed by atoms with Gasteiger partial charge in [0.1, 0.15) is 22.7 Å². The molecule has 2 aromatic carbocycles. The zero-order valence-corrected chi connectivity index (χ0v) is 19.5. The number of ether oxygens (including phenoxy) is 1. The molecule has 5 rings (SSSR count). The Balaban J connectivity index is 1.39. The zero-order chi connectivity index (χ0) is 25.2. The quantitative estimate of drug-likeness (QED) is 0.314. The Morgan fingerprint density at radius 2 is 1.83 bits per heavy atom. The molecule has 0 bridgehead atoms. The zero-order valence-electron chi connectivity index (χ0n) is 19.5. The number of aromatic nitrogens is 5. The number of hydrogen-bond acceptors (Lipinski definition) is 8. The van der Waals surface area contributed by atoms with Crippen molar-refractivity contribution in [1.29, 1.82) is 0 Å². The number of nitrogens with two attached hydrogens (primary N) is 1. The van der Waals surface area contributed by atoms with Crippen LogP contribution in [0.15, 0.2) is 77.9 Å². The number of rotatable bonds is 6. The first-order valence-corrected chi connectivity index (χ1v) is 11.0. The third-order valence-electron chi connectivity index (χ3n) is 5.47. The molecule has 36 heavy (non-hydrogen) atoms. The average Bonchev–Trinajstić information content (AvgIpc) is 3.14. The molecule has 0 saturated heterocycles. The molecule has 0 spiro atoms. The first-order valence-electron chi connectivity index (χ1n) is 11.0. The van der Waals surface area contributed by atoms with Gasteiger partial charge in [-0.15, -0.1) is 0 Å². The summed E-state index contributed by atoms with van der Waals surface area (Å²) in [7, 11) is 3.21. The number of amides is 1. The molecule has 5 aromatic rings. The largest absolute Gasteiger partial charge is 0.457 e. The molecule has 0 aliphatic heterocycles. The maximum absolute atomic E-state index is 12.9. The van der Waals surface area contributed by atoms with Crippen molar-refractivity contribution in [2.45, 2.75) is 0 Å². The smallest absolute Gasteiger partial charge is 0.334 e. The van der Waals surface area contributed by atoms with Crippen LogP contribution in [0.2, 0.25) is 0 Å². The van der Waals surface area contributed by atoms with E-state index in [2.05, 4.69) is 25.6 Å². The van der Waals surface area contributed by atoms with Crippen molar-refractivity contribution in [2.24, 2.45) is 7.05 Å². The van der Waals surface area contributed by atoms with E-state index in [1.54, 1.807) is 81.0 Å². The predicted octanol–water partition coefficient (Wildman–Crippen LogP) is 2.99. The third-order valence-corrected chi connectivity index (χ3v) is 5.47. The highest BCUT2D eigenvalue weighted by molar-refractivity contribution is 5.92. The number of carbonyl (C=O) groups excluding carboxylic acids is 1. The van der Waals surface area contributed by atoms with Gasteiger partial charge in [0.2, 0.25) is 5.95 Å². The van der Waals surface area contributed by atoms with Crippen LogP contribution in [-0.2, 0) is 7.05 Å². The molecule has 0 radical (unpaired) electrons. The first-order chi connectivity index (χ1) is 17.4. The Morgan fingerprint density at radius 1 is 1.03 bits per heavy atom. The van der Waals surface area contributed by atoms with Crippen molar-refractivity contribution in [3.05, 3.63) is 89.2 Å². The number of hydrogen-bond donors (Lipinski definition) is 3. The van der Waals surface area contributed by atoms with E-state index in [0.29, 0.717) is 40.0 Å². The predicted molar refractivity (Wildman–Crippen MR) is 136 cm³/mol. The van der Waals surface area contributed by atoms with Gasteiger partial charge in [0.25, 0.3) is 5.91 Å². The molecule has 0 saturated carbocycles. The van der Waals surface area contributed by atoms with Gasteiger partial charge in [0.05, 0.1) is 11.9 Å². The molecule has 0 aliphatic rings. The molecule has 3 aromatic heterocycles. The molecular formula is C25H22N8O3. The number of anilines is 3. The van der Waals surface area contributed by atoms with Gasteiger partial charge in [-0.05, 0) is 48.5 Å². The molecule has 11 heteroatoms. The number of nitrogens with zero attached hydrogens (tertiary/aromatic N) is 5. The minimum absolute atomic E-state index is 0.251. The number of pyridine rings is 1. The van der Waals surface area contributed by atoms with Crippen LogP contribution in [-0.4, -0.2) is 37.0 Å². The van der Waals surface area contributed by atoms with Gasteiger partial charge in [0, 0.05) is 37.7 Å². The summed E-state index contributed by atoms with van der Waals surface area (Å²) in [6.07, 6.45) is 3.11. The fraction of sp³-hybridized carbons (Fsp3) is 0.0800. The van der Waals surface area contributed by atoms with Crippen molar-refractivity contribution >= 4 is 34.4 Å². The van der Waals surface area contributed by atoms with Gasteiger partial charge in [-0.3, -0.25) is 14.3 Å². The lowest BCUT2D eigenvalue weighted by atomic mass is 10.3. The highest BCUT2D eigenvalue weighted by Gasteiger charge is 2.15. The van der Waals surface area contributed by atoms with Gasteiger partial charge < -0.3 is 21.1 Å². The molecule has 0 unspecified atom stereocenters. The van der Waals surface area contributed by atoms with Gasteiger partial charge in [-0.25, -0.2) is 14.3 Å². The SMILES string of the molecule is CNC(=O)c1cc(Oc2ccc(Nc3ncc4c(n3)n(-c3cccc(N)c3)c(=O)n4C)cc2)ccn1. The van der Waals surface area contributed by atoms with E-state index in [9.17, 15) is 9.59 Å². The Hall–Kier alpha value is -5.19. The minimum atomic E-state index is -0.295. The summed E-state index contributed by atoms with van der Waals surface area (Å²) in [6.45, 7) is 0. The number of aryl methyl sites for hydroxylation is 1. The summed E-state index contributed by atoms with van der Waals surface area (Å²) in [5, 5.41) is 5.68. The van der Waals surface area contributed by atoms with Crippen molar-refractivity contribution in [3.63, 3.8) is 0 Å². The minimum Gasteiger partial charge on any atom is -0.457 e. The van der Waals surface area contributed by atoms with Crippen LogP contribution < -0.4 is 26.8 Å². The Bertz CT molecular complexity index is 1640. The van der Waals surface area contributed by atoms with Crippen LogP contribution >= 0.6 is 0 Å². The fourth-order valence-corrected chi connectivity index (χ4v) is 3.67. The van der Waals surface area contributed by atoms with E-state index in [-0.39, 0.29) is 17.3 Å². The van der Waals surface area contributed by atoms with E-state index in [1.165, 1.54) is 15.3 Å². The van der Waals surface area contributed by atoms with Crippen LogP contribution in [0.4, 0.5) is 17.3 Å². The second kappa shape index (κ2) is 9.22. The summed E-state index contributed by atoms with van der Waals surface area (Å²) < 4.78 is 8.82. The van der Waals surface area contributed by atoms with Crippen LogP contribution in [0.1, 0.15) is 10.5 Å². The fourth-order valence-electron chi connectivity index (χ4n) is 3.67. The summed E-state index contributed by atoms with van der Waals surface area (Å²) in [4.78, 5) is 37.6. The molecule has 1 amide bonds. The summed E-state index contributed by atoms with van der Waals surface area (Å²) in [6, 6.07) is 17.4. The standard InChI is InChI=1S/C25H22N8O3/c1-27-23(34)20-13-19(10-11-28-20)36-18-8-6-16(7-9-18)30-24-29-14-21-22(31-24)33(25(35)32(21)2)17-5-3-4-15(26)12-17/h3-14H,26H2,1-2H3,(H,27,34)(H,29,30,31). The highest BCUT2D eigenvalue weighted by atomic mass is 16.5. The summed E-state index contributed by atoms with van der Waals surface area (Å²) in [5.41, 5.74) is 8.85. The van der Waals surface area contributed by atoms with Crippen LogP contribution in [0.25, 0.3) is 16.9 Å². The van der Waals surface area contributed by atoms with Crippen LogP contribution in [0, 0.1) is 0 Å². The number of nitrogen functional groups attached to an aromatic ring is 1. The first kappa shape index (κ1) is 22.6. The molecular weight excluding hydrogens is 460 g/mol. The molecule has 11 nitrogen and oxygen atoms in total. The van der Waals surface area contributed by atoms with E-state index in [0.717, 1.165) is 5.69 Å². The second-order valence-corrected chi connectivity index (χ2v) is 7.88. The third kappa shape index (κ3) is 4.32. The highest BCUT2D eigenvalue weighted by Crippen LogP contribution is 2.25. The Labute approximate surface area is 205 Å². The van der Waals surface area contributed by atoms with E-state index >= 15 is 0 Å². The van der Waals surface area contributed by atoms with Gasteiger partial charge in [0.15, 0.2) is 5.65 Å². The van der Waals surface area contributed by atoms with Crippen molar-refractivity contribution in [2.75, 3.05) is 18.1 Å².